The molecule has 20 rings (SSSR count). The molecule has 10 saturated heterocycles. The van der Waals surface area contributed by atoms with Crippen molar-refractivity contribution in [1.82, 2.24) is 70.7 Å². The van der Waals surface area contributed by atoms with Gasteiger partial charge in [0.2, 0.25) is 29.7 Å². The van der Waals surface area contributed by atoms with Gasteiger partial charge in [-0.1, -0.05) is 59.6 Å². The molecule has 5 aromatic heterocycles. The topological polar surface area (TPSA) is 317 Å². The average molecular weight is 2350 g/mol. The molecule has 10 aliphatic rings. The monoisotopic (exact) mass is 2350 g/mol. The average Bonchev–Trinajstić information content (AvgIpc) is 1.77. The molecule has 29 nitrogen and oxygen atoms in total. The summed E-state index contributed by atoms with van der Waals surface area (Å²) in [6, 6.07) is 42.7. The van der Waals surface area contributed by atoms with Gasteiger partial charge >= 0.3 is 6.09 Å². The third-order valence-electron chi connectivity index (χ3n) is 27.6. The van der Waals surface area contributed by atoms with E-state index in [1.54, 1.807) is 23.5 Å². The minimum atomic E-state index is -0.471. The van der Waals surface area contributed by atoms with Crippen molar-refractivity contribution in [3.63, 3.8) is 0 Å². The number of anilines is 12. The van der Waals surface area contributed by atoms with Crippen LogP contribution in [0.5, 0.6) is 0 Å². The molecule has 0 saturated carbocycles. The first-order valence-electron chi connectivity index (χ1n) is 51.6. The van der Waals surface area contributed by atoms with Gasteiger partial charge in [0, 0.05) is 131 Å². The van der Waals surface area contributed by atoms with Gasteiger partial charge in [-0.25, -0.2) is 54.6 Å². The number of halogens is 10. The molecule has 10 fully saturated rings. The van der Waals surface area contributed by atoms with Crippen molar-refractivity contribution in [2.75, 3.05) is 161 Å². The number of aromatic nitrogens is 10. The lowest BCUT2D eigenvalue weighted by atomic mass is 9.90. The first-order chi connectivity index (χ1) is 69.4. The molecule has 5 aromatic carbocycles. The van der Waals surface area contributed by atoms with E-state index in [4.69, 9.17) is 66.3 Å². The van der Waals surface area contributed by atoms with Crippen molar-refractivity contribution in [2.45, 2.75) is 242 Å². The molecule has 147 heavy (non-hydrogen) atoms. The lowest BCUT2D eigenvalue weighted by Gasteiger charge is -2.36. The Labute approximate surface area is 933 Å². The molecule has 8 N–H and O–H groups in total. The van der Waals surface area contributed by atoms with Gasteiger partial charge in [0.05, 0.1) is 108 Å². The van der Waals surface area contributed by atoms with Gasteiger partial charge in [-0.05, 0) is 394 Å². The summed E-state index contributed by atoms with van der Waals surface area (Å²) in [5, 5.41) is 28.1. The fourth-order valence-corrected chi connectivity index (χ4v) is 21.0. The van der Waals surface area contributed by atoms with Crippen LogP contribution in [0.25, 0.3) is 0 Å². The first kappa shape index (κ1) is 120. The summed E-state index contributed by atoms with van der Waals surface area (Å²) in [6.45, 7) is 23.1. The van der Waals surface area contributed by atoms with Gasteiger partial charge in [0.1, 0.15) is 5.60 Å². The van der Waals surface area contributed by atoms with Crippen molar-refractivity contribution < 1.29 is 38.0 Å². The molecule has 15 heterocycles. The minimum Gasteiger partial charge on any atom is -0.444 e. The molecule has 4 unspecified atom stereocenters. The highest BCUT2D eigenvalue weighted by atomic mass is 79.9. The van der Waals surface area contributed by atoms with E-state index in [9.17, 15) is 4.79 Å². The second-order valence-corrected chi connectivity index (χ2v) is 42.4. The van der Waals surface area contributed by atoms with Crippen LogP contribution in [0, 0.1) is 0 Å². The second kappa shape index (κ2) is 62.6. The van der Waals surface area contributed by atoms with Gasteiger partial charge < -0.3 is 90.4 Å². The van der Waals surface area contributed by atoms with Crippen LogP contribution in [0.3, 0.4) is 0 Å². The fourth-order valence-electron chi connectivity index (χ4n) is 19.5. The van der Waals surface area contributed by atoms with E-state index in [0.29, 0.717) is 101 Å². The van der Waals surface area contributed by atoms with Gasteiger partial charge in [-0.3, -0.25) is 0 Å². The van der Waals surface area contributed by atoms with E-state index < -0.39 is 5.60 Å². The van der Waals surface area contributed by atoms with Gasteiger partial charge in [-0.2, -0.15) is 0 Å². The summed E-state index contributed by atoms with van der Waals surface area (Å²) < 4.78 is 42.3. The molecule has 39 heteroatoms. The van der Waals surface area contributed by atoms with Crippen LogP contribution in [0.15, 0.2) is 166 Å². The van der Waals surface area contributed by atoms with E-state index in [2.05, 4.69) is 249 Å². The zero-order chi connectivity index (χ0) is 98.0. The summed E-state index contributed by atoms with van der Waals surface area (Å²) in [4.78, 5) is 63.9. The number of carbonyl (C=O) groups is 1. The Kier molecular flexibility index (Phi) is 51.0. The highest BCUT2D eigenvalue weighted by molar-refractivity contribution is 9.11. The van der Waals surface area contributed by atoms with Gasteiger partial charge in [0.15, 0.2) is 0 Å². The molecule has 1 amide bonds. The van der Waals surface area contributed by atoms with Crippen LogP contribution in [0.1, 0.15) is 219 Å². The summed E-state index contributed by atoms with van der Waals surface area (Å²) in [5.41, 5.74) is 15.9. The summed E-state index contributed by atoms with van der Waals surface area (Å²) in [6.07, 6.45) is 38.4. The summed E-state index contributed by atoms with van der Waals surface area (Å²) in [5.74, 6) is 5.05. The third kappa shape index (κ3) is 38.6. The normalized spacial score (nSPS) is 19.4. The van der Waals surface area contributed by atoms with Crippen molar-refractivity contribution in [2.24, 2.45) is 0 Å². The van der Waals surface area contributed by atoms with Crippen LogP contribution in [0.4, 0.5) is 74.3 Å². The molecule has 0 radical (unpaired) electrons. The van der Waals surface area contributed by atoms with Crippen LogP contribution < -0.4 is 52.3 Å². The number of ether oxygens (including phenoxy) is 7. The maximum absolute atomic E-state index is 12.3. The highest BCUT2D eigenvalue weighted by Gasteiger charge is 2.29. The van der Waals surface area contributed by atoms with E-state index in [1.807, 2.05) is 45.3 Å². The van der Waals surface area contributed by atoms with Crippen LogP contribution in [-0.2, 0) is 65.3 Å². The maximum Gasteiger partial charge on any atom is 0.410 e. The Hall–Kier alpha value is -7.52. The van der Waals surface area contributed by atoms with E-state index in [1.165, 1.54) is 73.7 Å². The van der Waals surface area contributed by atoms with Crippen LogP contribution >= 0.6 is 133 Å². The van der Waals surface area contributed by atoms with Crippen LogP contribution in [0.2, 0.25) is 10.0 Å². The maximum atomic E-state index is 12.3. The molecule has 10 aromatic rings. The standard InChI is InChI=1S/C25H34BrN5O3.C21H27BrN4O.2C21H27ClN4O.C20H25BrN4O2.5ClH/c1-25(2,3)34-24(32)31-14-12-30(13-15-31)19-8-6-18(7-9-19)28-23-27-17-21(26)22(29-23)11-10-20-5-4-16-33-20;3*22-19-14-24-21(26-20(19)8-7-18-2-1-13-27-18)25-17-5-3-15(4-6-17)16-9-11-23-12-10-16;21-18-14-22-20(24-19(18)8-7-17-2-1-11-27-17)23-15-3-5-16(6-4-15)25-9-12-26-13-10-25;;;;;/h6-9,17,20H,4-5,10-16H2,1-3H3,(H,27,28,29);3*3-6,14,16,18,23H,1-2,7-13H2,(H,24,25,26);3-6,14,17H,1-2,7-13H2,(H,22,23,24);5*1H/t;;18-;;;;;;;/m..1......./s1. The molecular formula is C108H145Br3Cl7N21O8. The van der Waals surface area contributed by atoms with Crippen molar-refractivity contribution in [1.29, 1.82) is 0 Å². The lowest BCUT2D eigenvalue weighted by molar-refractivity contribution is 0.0240. The Morgan fingerprint density at radius 3 is 0.864 bits per heavy atom. The number of aryl methyl sites for hydroxylation is 5. The fraction of sp³-hybridized carbons (Fsp3) is 0.528. The van der Waals surface area contributed by atoms with Crippen LogP contribution in [-0.4, -0.2) is 222 Å². The molecule has 5 atom stereocenters. The zero-order valence-corrected chi connectivity index (χ0v) is 94.7. The Morgan fingerprint density at radius 1 is 0.347 bits per heavy atom. The zero-order valence-electron chi connectivity index (χ0n) is 84.4. The number of hydrogen-bond acceptors (Lipinski definition) is 28. The minimum absolute atomic E-state index is 0. The van der Waals surface area contributed by atoms with Crippen molar-refractivity contribution >= 4 is 209 Å². The predicted molar refractivity (Wildman–Crippen MR) is 612 cm³/mol. The quantitative estimate of drug-likeness (QED) is 0.0207. The molecule has 0 spiro atoms. The molecule has 10 aliphatic heterocycles. The molecule has 0 aliphatic carbocycles. The second-order valence-electron chi connectivity index (χ2n) is 39.0. The summed E-state index contributed by atoms with van der Waals surface area (Å²) >= 11 is 23.3. The SMILES string of the molecule is Brc1cnc(Nc2ccc(C3CCNCC3)cc2)nc1CCC1CCCO1.Brc1cnc(Nc2ccc(N3CCOCC3)cc2)nc1CCC1CCCO1.CC(C)(C)OC(=O)N1CCN(c2ccc(Nc3ncc(Br)c(CCC4CCCO4)n3)cc2)CC1.Cl.Cl.Cl.Cl.Cl.Clc1cnc(Nc2ccc(C3CCNCC3)cc2)nc1CCC1CCCO1.Clc1cnc(Nc2ccc(C3CCNCC3)cc2)nc1CC[C@H]1CCCO1. The number of piperidine rings is 3. The molecule has 800 valence electrons. The first-order valence-corrected chi connectivity index (χ1v) is 54.7. The van der Waals surface area contributed by atoms with Gasteiger partial charge in [-0.15, -0.1) is 62.0 Å². The van der Waals surface area contributed by atoms with E-state index >= 15 is 0 Å². The molecular weight excluding hydrogens is 2210 g/mol. The lowest BCUT2D eigenvalue weighted by Crippen LogP contribution is -2.50. The van der Waals surface area contributed by atoms with Crippen molar-refractivity contribution in [3.05, 3.63) is 221 Å². The Bertz CT molecular complexity index is 5010. The summed E-state index contributed by atoms with van der Waals surface area (Å²) in [7, 11) is 0. The number of morpholine rings is 1. The Morgan fingerprint density at radius 2 is 0.599 bits per heavy atom. The predicted octanol–water partition coefficient (Wildman–Crippen LogP) is 24.7. The van der Waals surface area contributed by atoms with E-state index in [-0.39, 0.29) is 68.1 Å². The Balaban J connectivity index is 0.000000174. The van der Waals surface area contributed by atoms with E-state index in [0.717, 1.165) is 303 Å². The number of hydrogen-bond donors (Lipinski definition) is 8. The number of carbonyl (C=O) groups excluding carboxylic acids is 1. The number of nitrogens with one attached hydrogen (secondary N) is 8. The number of piperazine rings is 1. The largest absolute Gasteiger partial charge is 0.444 e. The highest BCUT2D eigenvalue weighted by Crippen LogP contribution is 2.36. The van der Waals surface area contributed by atoms with Gasteiger partial charge in [0.25, 0.3) is 0 Å². The van der Waals surface area contributed by atoms with Crippen molar-refractivity contribution in [3.8, 4) is 0 Å². The number of rotatable bonds is 30. The molecule has 0 bridgehead atoms. The third-order valence-corrected chi connectivity index (χ3v) is 30.2. The number of amides is 1. The number of nitrogens with zero attached hydrogens (tertiary/aromatic N) is 13. The smallest absolute Gasteiger partial charge is 0.410 e. The number of benzene rings is 5.